The minimum atomic E-state index is 0.0117. The number of nitrogens with one attached hydrogen (secondary N) is 2. The lowest BCUT2D eigenvalue weighted by atomic mass is 9.99. The molecule has 1 amide bonds. The van der Waals surface area contributed by atoms with Crippen molar-refractivity contribution < 1.29 is 4.79 Å². The molecule has 0 aliphatic heterocycles. The van der Waals surface area contributed by atoms with Gasteiger partial charge in [0.25, 0.3) is 0 Å². The van der Waals surface area contributed by atoms with Crippen LogP contribution < -0.4 is 10.6 Å². The van der Waals surface area contributed by atoms with Crippen molar-refractivity contribution in [2.45, 2.75) is 39.5 Å². The zero-order valence-corrected chi connectivity index (χ0v) is 14.0. The molecule has 0 aromatic heterocycles. The highest BCUT2D eigenvalue weighted by Gasteiger charge is 2.07. The van der Waals surface area contributed by atoms with Crippen molar-refractivity contribution in [2.75, 3.05) is 18.4 Å². The van der Waals surface area contributed by atoms with Crippen molar-refractivity contribution in [3.63, 3.8) is 0 Å². The molecule has 0 radical (unpaired) electrons. The van der Waals surface area contributed by atoms with Crippen LogP contribution in [0.15, 0.2) is 28.7 Å². The van der Waals surface area contributed by atoms with Crippen molar-refractivity contribution in [3.8, 4) is 0 Å². The third-order valence-corrected chi connectivity index (χ3v) is 3.92. The van der Waals surface area contributed by atoms with Gasteiger partial charge in [-0.15, -0.1) is 0 Å². The Kier molecular flexibility index (Phi) is 8.54. The van der Waals surface area contributed by atoms with E-state index in [-0.39, 0.29) is 5.91 Å². The maximum Gasteiger partial charge on any atom is 0.238 e. The van der Waals surface area contributed by atoms with Crippen LogP contribution in [0.1, 0.15) is 39.5 Å². The fourth-order valence-corrected chi connectivity index (χ4v) is 2.34. The molecular formula is C16H25BrN2O. The predicted octanol–water partition coefficient (Wildman–Crippen LogP) is 4.19. The Morgan fingerprint density at radius 3 is 2.55 bits per heavy atom. The van der Waals surface area contributed by atoms with Gasteiger partial charge in [-0.3, -0.25) is 4.79 Å². The van der Waals surface area contributed by atoms with Gasteiger partial charge < -0.3 is 10.6 Å². The van der Waals surface area contributed by atoms with Gasteiger partial charge in [-0.1, -0.05) is 49.0 Å². The molecule has 1 aromatic rings. The van der Waals surface area contributed by atoms with Crippen LogP contribution in [0.25, 0.3) is 0 Å². The Morgan fingerprint density at radius 1 is 1.25 bits per heavy atom. The molecule has 0 heterocycles. The van der Waals surface area contributed by atoms with Crippen LogP contribution in [-0.2, 0) is 4.79 Å². The maximum absolute atomic E-state index is 11.8. The lowest BCUT2D eigenvalue weighted by Gasteiger charge is -2.15. The summed E-state index contributed by atoms with van der Waals surface area (Å²) in [5.74, 6) is 0.688. The zero-order chi connectivity index (χ0) is 14.8. The van der Waals surface area contributed by atoms with E-state index in [1.165, 1.54) is 25.7 Å². The predicted molar refractivity (Wildman–Crippen MR) is 88.9 cm³/mol. The SMILES string of the molecule is CCCCC(CC)CNCC(=O)Nc1ccc(Br)cc1. The Hall–Kier alpha value is -0.870. The number of benzene rings is 1. The summed E-state index contributed by atoms with van der Waals surface area (Å²) >= 11 is 3.37. The second-order valence-electron chi connectivity index (χ2n) is 5.10. The van der Waals surface area contributed by atoms with Gasteiger partial charge in [0, 0.05) is 10.2 Å². The molecule has 20 heavy (non-hydrogen) atoms. The van der Waals surface area contributed by atoms with Gasteiger partial charge in [-0.25, -0.2) is 0 Å². The first-order valence-electron chi connectivity index (χ1n) is 7.41. The third-order valence-electron chi connectivity index (χ3n) is 3.39. The van der Waals surface area contributed by atoms with Crippen LogP contribution in [0.2, 0.25) is 0 Å². The molecule has 4 heteroatoms. The van der Waals surface area contributed by atoms with E-state index in [4.69, 9.17) is 0 Å². The molecule has 0 saturated heterocycles. The molecule has 0 spiro atoms. The van der Waals surface area contributed by atoms with Crippen LogP contribution in [0.4, 0.5) is 5.69 Å². The number of unbranched alkanes of at least 4 members (excludes halogenated alkanes) is 1. The van der Waals surface area contributed by atoms with Crippen molar-refractivity contribution >= 4 is 27.5 Å². The molecule has 1 atom stereocenters. The first kappa shape index (κ1) is 17.2. The Morgan fingerprint density at radius 2 is 1.95 bits per heavy atom. The minimum Gasteiger partial charge on any atom is -0.325 e. The van der Waals surface area contributed by atoms with Crippen LogP contribution in [-0.4, -0.2) is 19.0 Å². The standard InChI is InChI=1S/C16H25BrN2O/c1-3-5-6-13(4-2)11-18-12-16(20)19-15-9-7-14(17)8-10-15/h7-10,13,18H,3-6,11-12H2,1-2H3,(H,19,20). The third kappa shape index (κ3) is 7.06. The van der Waals surface area contributed by atoms with Crippen LogP contribution >= 0.6 is 15.9 Å². The topological polar surface area (TPSA) is 41.1 Å². The van der Waals surface area contributed by atoms with Crippen molar-refractivity contribution in [1.82, 2.24) is 5.32 Å². The van der Waals surface area contributed by atoms with Gasteiger partial charge in [0.1, 0.15) is 0 Å². The summed E-state index contributed by atoms with van der Waals surface area (Å²) in [4.78, 5) is 11.8. The van der Waals surface area contributed by atoms with Gasteiger partial charge in [0.05, 0.1) is 6.54 Å². The molecule has 0 aliphatic rings. The number of halogens is 1. The summed E-state index contributed by atoms with van der Waals surface area (Å²) in [5, 5.41) is 6.14. The highest BCUT2D eigenvalue weighted by molar-refractivity contribution is 9.10. The molecule has 1 rings (SSSR count). The Labute approximate surface area is 130 Å². The largest absolute Gasteiger partial charge is 0.325 e. The lowest BCUT2D eigenvalue weighted by molar-refractivity contribution is -0.115. The van der Waals surface area contributed by atoms with E-state index in [1.54, 1.807) is 0 Å². The number of hydrogen-bond acceptors (Lipinski definition) is 2. The van der Waals surface area contributed by atoms with E-state index in [9.17, 15) is 4.79 Å². The van der Waals surface area contributed by atoms with Crippen molar-refractivity contribution in [1.29, 1.82) is 0 Å². The number of anilines is 1. The Bertz CT molecular complexity index is 392. The summed E-state index contributed by atoms with van der Waals surface area (Å²) in [6.07, 6.45) is 4.92. The maximum atomic E-state index is 11.8. The number of carbonyl (C=O) groups excluding carboxylic acids is 1. The molecule has 0 saturated carbocycles. The van der Waals surface area contributed by atoms with Gasteiger partial charge in [0.15, 0.2) is 0 Å². The minimum absolute atomic E-state index is 0.0117. The molecular weight excluding hydrogens is 316 g/mol. The van der Waals surface area contributed by atoms with Gasteiger partial charge in [-0.2, -0.15) is 0 Å². The van der Waals surface area contributed by atoms with E-state index in [0.29, 0.717) is 12.5 Å². The Balaban J connectivity index is 2.23. The summed E-state index contributed by atoms with van der Waals surface area (Å²) in [7, 11) is 0. The highest BCUT2D eigenvalue weighted by atomic mass is 79.9. The van der Waals surface area contributed by atoms with Gasteiger partial charge >= 0.3 is 0 Å². The molecule has 3 nitrogen and oxygen atoms in total. The molecule has 1 unspecified atom stereocenters. The second kappa shape index (κ2) is 9.94. The average Bonchev–Trinajstić information content (AvgIpc) is 2.45. The smallest absolute Gasteiger partial charge is 0.238 e. The molecule has 0 aliphatic carbocycles. The number of hydrogen-bond donors (Lipinski definition) is 2. The van der Waals surface area contributed by atoms with Gasteiger partial charge in [-0.05, 0) is 43.1 Å². The number of rotatable bonds is 9. The van der Waals surface area contributed by atoms with Crippen molar-refractivity contribution in [2.24, 2.45) is 5.92 Å². The first-order valence-corrected chi connectivity index (χ1v) is 8.21. The monoisotopic (exact) mass is 340 g/mol. The molecule has 1 aromatic carbocycles. The number of carbonyl (C=O) groups is 1. The van der Waals surface area contributed by atoms with Crippen LogP contribution in [0.5, 0.6) is 0 Å². The molecule has 0 bridgehead atoms. The molecule has 0 fully saturated rings. The first-order chi connectivity index (χ1) is 9.65. The van der Waals surface area contributed by atoms with E-state index < -0.39 is 0 Å². The summed E-state index contributed by atoms with van der Waals surface area (Å²) in [6.45, 7) is 5.72. The second-order valence-corrected chi connectivity index (χ2v) is 6.02. The van der Waals surface area contributed by atoms with Crippen molar-refractivity contribution in [3.05, 3.63) is 28.7 Å². The van der Waals surface area contributed by atoms with E-state index in [0.717, 1.165) is 16.7 Å². The fraction of sp³-hybridized carbons (Fsp3) is 0.562. The highest BCUT2D eigenvalue weighted by Crippen LogP contribution is 2.14. The zero-order valence-electron chi connectivity index (χ0n) is 12.4. The van der Waals surface area contributed by atoms with E-state index in [1.807, 2.05) is 24.3 Å². The molecule has 112 valence electrons. The quantitative estimate of drug-likeness (QED) is 0.707. The van der Waals surface area contributed by atoms with E-state index in [2.05, 4.69) is 40.4 Å². The van der Waals surface area contributed by atoms with Crippen LogP contribution in [0.3, 0.4) is 0 Å². The van der Waals surface area contributed by atoms with E-state index >= 15 is 0 Å². The summed E-state index contributed by atoms with van der Waals surface area (Å²) < 4.78 is 1.01. The summed E-state index contributed by atoms with van der Waals surface area (Å²) in [5.41, 5.74) is 0.832. The average molecular weight is 341 g/mol. The molecule has 2 N–H and O–H groups in total. The lowest BCUT2D eigenvalue weighted by Crippen LogP contribution is -2.31. The van der Waals surface area contributed by atoms with Gasteiger partial charge in [0.2, 0.25) is 5.91 Å². The van der Waals surface area contributed by atoms with Crippen LogP contribution in [0, 0.1) is 5.92 Å². The fourth-order valence-electron chi connectivity index (χ4n) is 2.07. The summed E-state index contributed by atoms with van der Waals surface area (Å²) in [6, 6.07) is 7.61. The number of amides is 1. The normalized spacial score (nSPS) is 12.2.